The molecule has 1 aromatic carbocycles. The Morgan fingerprint density at radius 3 is 2.52 bits per heavy atom. The van der Waals surface area contributed by atoms with Crippen LogP contribution in [0.25, 0.3) is 0 Å². The van der Waals surface area contributed by atoms with Crippen molar-refractivity contribution in [3.05, 3.63) is 37.9 Å². The van der Waals surface area contributed by atoms with Crippen molar-refractivity contribution in [2.75, 3.05) is 6.61 Å². The molecule has 0 fully saturated rings. The van der Waals surface area contributed by atoms with Gasteiger partial charge in [-0.25, -0.2) is 0 Å². The number of nitro benzene ring substituents is 1. The molecule has 0 saturated carbocycles. The van der Waals surface area contributed by atoms with E-state index in [1.807, 2.05) is 13.8 Å². The Morgan fingerprint density at radius 2 is 2.05 bits per heavy atom. The highest BCUT2D eigenvalue weighted by molar-refractivity contribution is 6.43. The highest BCUT2D eigenvalue weighted by Gasteiger charge is 2.22. The first kappa shape index (κ1) is 17.7. The molecule has 2 N–H and O–H groups in total. The number of amides is 1. The average molecular weight is 335 g/mol. The molecular weight excluding hydrogens is 319 g/mol. The van der Waals surface area contributed by atoms with Gasteiger partial charge in [0.2, 0.25) is 0 Å². The summed E-state index contributed by atoms with van der Waals surface area (Å²) in [6.45, 7) is 3.74. The largest absolute Gasteiger partial charge is 0.396 e. The number of halogens is 2. The SMILES string of the molecule is CC(C)C(CCO)NC(=O)c1cc(Cl)c(Cl)c([N+](=O)[O-])c1. The number of aliphatic hydroxyl groups is 1. The average Bonchev–Trinajstić information content (AvgIpc) is 2.40. The summed E-state index contributed by atoms with van der Waals surface area (Å²) in [5, 5.41) is 22.3. The summed E-state index contributed by atoms with van der Waals surface area (Å²) in [6, 6.07) is 2.12. The van der Waals surface area contributed by atoms with Crippen molar-refractivity contribution in [2.24, 2.45) is 5.92 Å². The molecule has 1 rings (SSSR count). The summed E-state index contributed by atoms with van der Waals surface area (Å²) in [5.41, 5.74) is -0.364. The number of carbonyl (C=O) groups is 1. The molecule has 0 aliphatic heterocycles. The highest BCUT2D eigenvalue weighted by Crippen LogP contribution is 2.33. The minimum absolute atomic E-state index is 0.0553. The monoisotopic (exact) mass is 334 g/mol. The van der Waals surface area contributed by atoms with Gasteiger partial charge in [-0.2, -0.15) is 0 Å². The second-order valence-corrected chi connectivity index (χ2v) is 5.67. The van der Waals surface area contributed by atoms with Gasteiger partial charge in [0.05, 0.1) is 9.95 Å². The van der Waals surface area contributed by atoms with Crippen LogP contribution in [0.3, 0.4) is 0 Å². The van der Waals surface area contributed by atoms with Gasteiger partial charge in [0.1, 0.15) is 5.02 Å². The zero-order valence-corrected chi connectivity index (χ0v) is 13.1. The Kier molecular flexibility index (Phi) is 6.39. The second kappa shape index (κ2) is 7.59. The molecule has 21 heavy (non-hydrogen) atoms. The quantitative estimate of drug-likeness (QED) is 0.617. The van der Waals surface area contributed by atoms with E-state index in [1.54, 1.807) is 0 Å². The van der Waals surface area contributed by atoms with Crippen LogP contribution < -0.4 is 5.32 Å². The Bertz CT molecular complexity index is 549. The van der Waals surface area contributed by atoms with E-state index in [1.165, 1.54) is 6.07 Å². The molecule has 6 nitrogen and oxygen atoms in total. The van der Waals surface area contributed by atoms with E-state index >= 15 is 0 Å². The van der Waals surface area contributed by atoms with Gasteiger partial charge in [0, 0.05) is 24.3 Å². The van der Waals surface area contributed by atoms with Crippen LogP contribution in [0.5, 0.6) is 0 Å². The molecule has 1 aromatic rings. The lowest BCUT2D eigenvalue weighted by molar-refractivity contribution is -0.384. The van der Waals surface area contributed by atoms with E-state index in [0.717, 1.165) is 6.07 Å². The maximum atomic E-state index is 12.2. The van der Waals surface area contributed by atoms with Crippen LogP contribution in [0.4, 0.5) is 5.69 Å². The first-order valence-electron chi connectivity index (χ1n) is 6.33. The van der Waals surface area contributed by atoms with Gasteiger partial charge in [0.15, 0.2) is 0 Å². The number of nitrogens with zero attached hydrogens (tertiary/aromatic N) is 1. The van der Waals surface area contributed by atoms with Crippen molar-refractivity contribution < 1.29 is 14.8 Å². The van der Waals surface area contributed by atoms with Crippen LogP contribution in [-0.2, 0) is 0 Å². The first-order valence-corrected chi connectivity index (χ1v) is 7.08. The maximum Gasteiger partial charge on any atom is 0.290 e. The summed E-state index contributed by atoms with van der Waals surface area (Å²) < 4.78 is 0. The third-order valence-corrected chi connectivity index (χ3v) is 3.82. The molecular formula is C13H16Cl2N2O4. The van der Waals surface area contributed by atoms with Crippen LogP contribution in [0.15, 0.2) is 12.1 Å². The molecule has 1 amide bonds. The lowest BCUT2D eigenvalue weighted by Gasteiger charge is -2.21. The Balaban J connectivity index is 3.05. The molecule has 0 aromatic heterocycles. The van der Waals surface area contributed by atoms with Gasteiger partial charge in [-0.05, 0) is 18.4 Å². The fraction of sp³-hybridized carbons (Fsp3) is 0.462. The zero-order chi connectivity index (χ0) is 16.2. The minimum Gasteiger partial charge on any atom is -0.396 e. The number of hydrogen-bond donors (Lipinski definition) is 2. The number of aliphatic hydroxyl groups excluding tert-OH is 1. The van der Waals surface area contributed by atoms with Crippen molar-refractivity contribution in [1.82, 2.24) is 5.32 Å². The fourth-order valence-corrected chi connectivity index (χ4v) is 2.19. The Morgan fingerprint density at radius 1 is 1.43 bits per heavy atom. The Labute approximate surface area is 132 Å². The van der Waals surface area contributed by atoms with Crippen molar-refractivity contribution >= 4 is 34.8 Å². The summed E-state index contributed by atoms with van der Waals surface area (Å²) >= 11 is 11.5. The van der Waals surface area contributed by atoms with E-state index in [2.05, 4.69) is 5.32 Å². The number of hydrogen-bond acceptors (Lipinski definition) is 4. The smallest absolute Gasteiger partial charge is 0.290 e. The molecule has 1 atom stereocenters. The summed E-state index contributed by atoms with van der Waals surface area (Å²) in [7, 11) is 0. The van der Waals surface area contributed by atoms with Gasteiger partial charge in [-0.1, -0.05) is 37.0 Å². The number of nitrogens with one attached hydrogen (secondary N) is 1. The van der Waals surface area contributed by atoms with Crippen LogP contribution >= 0.6 is 23.2 Å². The molecule has 1 unspecified atom stereocenters. The highest BCUT2D eigenvalue weighted by atomic mass is 35.5. The third kappa shape index (κ3) is 4.56. The maximum absolute atomic E-state index is 12.2. The summed E-state index contributed by atoms with van der Waals surface area (Å²) in [6.07, 6.45) is 0.396. The molecule has 0 aliphatic rings. The van der Waals surface area contributed by atoms with E-state index in [9.17, 15) is 14.9 Å². The molecule has 8 heteroatoms. The van der Waals surface area contributed by atoms with E-state index in [0.29, 0.717) is 6.42 Å². The second-order valence-electron chi connectivity index (χ2n) is 4.88. The van der Waals surface area contributed by atoms with Crippen LogP contribution in [0.2, 0.25) is 10.0 Å². The van der Waals surface area contributed by atoms with E-state index in [-0.39, 0.29) is 34.2 Å². The lowest BCUT2D eigenvalue weighted by Crippen LogP contribution is -2.39. The lowest BCUT2D eigenvalue weighted by atomic mass is 10.0. The van der Waals surface area contributed by atoms with Crippen LogP contribution in [-0.4, -0.2) is 28.6 Å². The number of carbonyl (C=O) groups excluding carboxylic acids is 1. The molecule has 0 saturated heterocycles. The first-order chi connectivity index (χ1) is 9.77. The third-order valence-electron chi connectivity index (χ3n) is 3.03. The van der Waals surface area contributed by atoms with Gasteiger partial charge >= 0.3 is 0 Å². The van der Waals surface area contributed by atoms with E-state index < -0.39 is 16.5 Å². The predicted octanol–water partition coefficient (Wildman–Crippen LogP) is 3.04. The molecule has 0 aliphatic carbocycles. The minimum atomic E-state index is -0.696. The number of nitro groups is 1. The van der Waals surface area contributed by atoms with Crippen LogP contribution in [0, 0.1) is 16.0 Å². The van der Waals surface area contributed by atoms with Crippen molar-refractivity contribution in [2.45, 2.75) is 26.3 Å². The Hall–Kier alpha value is -1.37. The molecule has 0 heterocycles. The fourth-order valence-electron chi connectivity index (χ4n) is 1.80. The number of rotatable bonds is 6. The van der Waals surface area contributed by atoms with Crippen molar-refractivity contribution in [3.8, 4) is 0 Å². The molecule has 0 bridgehead atoms. The standard InChI is InChI=1S/C13H16Cl2N2O4/c1-7(2)10(3-4-18)16-13(19)8-5-9(14)12(15)11(6-8)17(20)21/h5-7,10,18H,3-4H2,1-2H3,(H,16,19). The predicted molar refractivity (Wildman–Crippen MR) is 80.9 cm³/mol. The number of benzene rings is 1. The van der Waals surface area contributed by atoms with Gasteiger partial charge < -0.3 is 10.4 Å². The van der Waals surface area contributed by atoms with E-state index in [4.69, 9.17) is 28.3 Å². The normalized spacial score (nSPS) is 12.3. The van der Waals surface area contributed by atoms with Gasteiger partial charge in [-0.3, -0.25) is 14.9 Å². The summed E-state index contributed by atoms with van der Waals surface area (Å²) in [5.74, 6) is -0.386. The molecule has 0 spiro atoms. The zero-order valence-electron chi connectivity index (χ0n) is 11.6. The molecule has 116 valence electrons. The van der Waals surface area contributed by atoms with Crippen molar-refractivity contribution in [3.63, 3.8) is 0 Å². The topological polar surface area (TPSA) is 92.5 Å². The summed E-state index contributed by atoms with van der Waals surface area (Å²) in [4.78, 5) is 22.3. The van der Waals surface area contributed by atoms with Crippen molar-refractivity contribution in [1.29, 1.82) is 0 Å². The van der Waals surface area contributed by atoms with Gasteiger partial charge in [0.25, 0.3) is 11.6 Å². The van der Waals surface area contributed by atoms with Gasteiger partial charge in [-0.15, -0.1) is 0 Å². The molecule has 0 radical (unpaired) electrons. The van der Waals surface area contributed by atoms with Crippen LogP contribution in [0.1, 0.15) is 30.6 Å².